The van der Waals surface area contributed by atoms with E-state index < -0.39 is 35.0 Å². The molecule has 0 fully saturated rings. The van der Waals surface area contributed by atoms with Gasteiger partial charge in [0.2, 0.25) is 17.7 Å². The van der Waals surface area contributed by atoms with Gasteiger partial charge in [0.15, 0.2) is 11.9 Å². The predicted molar refractivity (Wildman–Crippen MR) is 148 cm³/mol. The Labute approximate surface area is 231 Å². The van der Waals surface area contributed by atoms with E-state index in [9.17, 15) is 19.5 Å². The molecule has 0 aliphatic carbocycles. The van der Waals surface area contributed by atoms with E-state index in [0.29, 0.717) is 12.8 Å². The van der Waals surface area contributed by atoms with Crippen LogP contribution in [0, 0.1) is 5.41 Å². The number of fused-ring (bicyclic) bond motifs is 5. The molecule has 2 aliphatic rings. The fraction of sp³-hybridized carbons (Fsp3) is 0.333. The van der Waals surface area contributed by atoms with Gasteiger partial charge in [-0.2, -0.15) is 0 Å². The molecule has 0 saturated heterocycles. The number of primary amides is 1. The van der Waals surface area contributed by atoms with E-state index in [-0.39, 0.29) is 23.9 Å². The Morgan fingerprint density at radius 2 is 1.98 bits per heavy atom. The van der Waals surface area contributed by atoms with Crippen LogP contribution in [0.4, 0.5) is 5.69 Å². The molecule has 0 saturated carbocycles. The lowest BCUT2D eigenvalue weighted by molar-refractivity contribution is -0.129. The standard InChI is InChI=1S/C30H32N4O6/c1-29(2,3)25(26(31)36)34-23(35)10-6-7-17-11-12-22-19(15-17)30(14-13-24-32-21(16-39-24)27(37)38)18-8-4-5-9-20(18)33-28(30)40-22/h4-5,8-9,11-16,25,28,33H,6-7,10H2,1-3H3,(H2,31,36)(H,34,35)(H,37,38)/b14-13-/t25?,28?,30-/m0/s1. The highest BCUT2D eigenvalue weighted by atomic mass is 16.5. The van der Waals surface area contributed by atoms with E-state index in [1.54, 1.807) is 6.08 Å². The number of carboxylic acids is 1. The second kappa shape index (κ2) is 10.2. The number of carbonyl (C=O) groups excluding carboxylic acids is 2. The van der Waals surface area contributed by atoms with Gasteiger partial charge in [0.25, 0.3) is 0 Å². The first-order valence-corrected chi connectivity index (χ1v) is 13.1. The van der Waals surface area contributed by atoms with Crippen molar-refractivity contribution in [2.45, 2.75) is 57.7 Å². The van der Waals surface area contributed by atoms with Crippen molar-refractivity contribution in [1.29, 1.82) is 0 Å². The minimum Gasteiger partial charge on any atom is -0.476 e. The van der Waals surface area contributed by atoms with Crippen LogP contribution >= 0.6 is 0 Å². The first-order chi connectivity index (χ1) is 19.0. The van der Waals surface area contributed by atoms with Gasteiger partial charge in [-0.15, -0.1) is 0 Å². The molecular formula is C30H32N4O6. The van der Waals surface area contributed by atoms with Crippen molar-refractivity contribution in [1.82, 2.24) is 10.3 Å². The van der Waals surface area contributed by atoms with Crippen LogP contribution in [0.25, 0.3) is 6.08 Å². The summed E-state index contributed by atoms with van der Waals surface area (Å²) in [6.45, 7) is 5.57. The SMILES string of the molecule is CC(C)(C)C(NC(=O)CCCc1ccc2c(c1)[C@]1(/C=C\c3nc(C(=O)O)co3)c3ccccc3NC1O2)C(N)=O. The van der Waals surface area contributed by atoms with Gasteiger partial charge in [0.1, 0.15) is 23.5 Å². The van der Waals surface area contributed by atoms with Crippen molar-refractivity contribution in [2.75, 3.05) is 5.32 Å². The molecule has 40 heavy (non-hydrogen) atoms. The molecule has 3 atom stereocenters. The van der Waals surface area contributed by atoms with E-state index >= 15 is 0 Å². The third-order valence-corrected chi connectivity index (χ3v) is 7.36. The lowest BCUT2D eigenvalue weighted by Gasteiger charge is -2.28. The highest BCUT2D eigenvalue weighted by molar-refractivity contribution is 5.87. The van der Waals surface area contributed by atoms with Crippen molar-refractivity contribution in [3.05, 3.63) is 83.1 Å². The fourth-order valence-electron chi connectivity index (χ4n) is 5.39. The van der Waals surface area contributed by atoms with E-state index in [1.807, 2.05) is 63.2 Å². The third-order valence-electron chi connectivity index (χ3n) is 7.36. The number of nitrogens with one attached hydrogen (secondary N) is 2. The second-order valence-corrected chi connectivity index (χ2v) is 11.2. The quantitative estimate of drug-likeness (QED) is 0.316. The van der Waals surface area contributed by atoms with E-state index in [2.05, 4.69) is 21.7 Å². The van der Waals surface area contributed by atoms with Crippen molar-refractivity contribution in [2.24, 2.45) is 11.1 Å². The summed E-state index contributed by atoms with van der Waals surface area (Å²) < 4.78 is 11.7. The average Bonchev–Trinajstić information content (AvgIpc) is 3.57. The number of carboxylic acid groups (broad SMARTS) is 1. The van der Waals surface area contributed by atoms with Crippen LogP contribution < -0.4 is 21.1 Å². The van der Waals surface area contributed by atoms with Crippen molar-refractivity contribution in [3.8, 4) is 5.75 Å². The zero-order valence-electron chi connectivity index (χ0n) is 22.6. The molecule has 5 rings (SSSR count). The van der Waals surface area contributed by atoms with Crippen molar-refractivity contribution >= 4 is 29.5 Å². The zero-order chi connectivity index (χ0) is 28.7. The minimum absolute atomic E-state index is 0.169. The van der Waals surface area contributed by atoms with Crippen LogP contribution in [0.15, 0.2) is 59.2 Å². The van der Waals surface area contributed by atoms with Gasteiger partial charge >= 0.3 is 5.97 Å². The molecule has 2 aromatic carbocycles. The van der Waals surface area contributed by atoms with Gasteiger partial charge in [-0.05, 0) is 47.6 Å². The Morgan fingerprint density at radius 3 is 2.67 bits per heavy atom. The number of nitrogens with two attached hydrogens (primary N) is 1. The number of rotatable bonds is 9. The summed E-state index contributed by atoms with van der Waals surface area (Å²) in [6, 6.07) is 13.2. The number of hydrogen-bond acceptors (Lipinski definition) is 7. The Bertz CT molecular complexity index is 1500. The number of carbonyl (C=O) groups is 3. The summed E-state index contributed by atoms with van der Waals surface area (Å²) in [5, 5.41) is 15.4. The monoisotopic (exact) mass is 544 g/mol. The normalized spacial score (nSPS) is 19.7. The Balaban J connectivity index is 1.39. The molecule has 0 radical (unpaired) electrons. The molecule has 10 nitrogen and oxygen atoms in total. The first-order valence-electron chi connectivity index (χ1n) is 13.1. The Morgan fingerprint density at radius 1 is 1.20 bits per heavy atom. The van der Waals surface area contributed by atoms with E-state index in [4.69, 9.17) is 14.9 Å². The molecule has 0 spiro atoms. The summed E-state index contributed by atoms with van der Waals surface area (Å²) in [7, 11) is 0. The number of amides is 2. The number of hydrogen-bond donors (Lipinski definition) is 4. The van der Waals surface area contributed by atoms with E-state index in [1.165, 1.54) is 0 Å². The lowest BCUT2D eigenvalue weighted by atomic mass is 9.75. The number of para-hydroxylation sites is 1. The van der Waals surface area contributed by atoms with Crippen LogP contribution in [-0.2, 0) is 21.4 Å². The number of aryl methyl sites for hydroxylation is 1. The minimum atomic E-state index is -1.16. The number of benzene rings is 2. The van der Waals surface area contributed by atoms with Gasteiger partial charge in [0, 0.05) is 17.7 Å². The average molecular weight is 545 g/mol. The molecule has 3 aromatic rings. The molecule has 1 aromatic heterocycles. The maximum atomic E-state index is 12.6. The van der Waals surface area contributed by atoms with Crippen LogP contribution in [0.1, 0.15) is 66.7 Å². The van der Waals surface area contributed by atoms with Crippen molar-refractivity contribution < 1.29 is 28.6 Å². The topological polar surface area (TPSA) is 157 Å². The second-order valence-electron chi connectivity index (χ2n) is 11.2. The number of anilines is 1. The Kier molecular flexibility index (Phi) is 6.87. The summed E-state index contributed by atoms with van der Waals surface area (Å²) in [5.74, 6) is -1.03. The molecular weight excluding hydrogens is 512 g/mol. The maximum absolute atomic E-state index is 12.6. The summed E-state index contributed by atoms with van der Waals surface area (Å²) in [4.78, 5) is 39.7. The van der Waals surface area contributed by atoms with Crippen molar-refractivity contribution in [3.63, 3.8) is 0 Å². The van der Waals surface area contributed by atoms with Crippen LogP contribution in [-0.4, -0.2) is 40.1 Å². The summed E-state index contributed by atoms with van der Waals surface area (Å²) in [5.41, 5.74) is 8.06. The van der Waals surface area contributed by atoms with Gasteiger partial charge in [0.05, 0.1) is 0 Å². The summed E-state index contributed by atoms with van der Waals surface area (Å²) in [6.07, 6.45) is 5.76. The van der Waals surface area contributed by atoms with Gasteiger partial charge < -0.3 is 30.6 Å². The largest absolute Gasteiger partial charge is 0.476 e. The molecule has 5 N–H and O–H groups in total. The van der Waals surface area contributed by atoms with E-state index in [0.717, 1.165) is 34.4 Å². The van der Waals surface area contributed by atoms with Crippen LogP contribution in [0.5, 0.6) is 5.75 Å². The number of aromatic nitrogens is 1. The molecule has 208 valence electrons. The molecule has 2 unspecified atom stereocenters. The molecule has 2 amide bonds. The predicted octanol–water partition coefficient (Wildman–Crippen LogP) is 3.86. The third kappa shape index (κ3) is 4.92. The highest BCUT2D eigenvalue weighted by Crippen LogP contribution is 2.55. The molecule has 3 heterocycles. The van der Waals surface area contributed by atoms with Crippen LogP contribution in [0.2, 0.25) is 0 Å². The summed E-state index contributed by atoms with van der Waals surface area (Å²) >= 11 is 0. The molecule has 10 heteroatoms. The highest BCUT2D eigenvalue weighted by Gasteiger charge is 2.54. The number of ether oxygens (including phenoxy) is 1. The van der Waals surface area contributed by atoms with Gasteiger partial charge in [-0.1, -0.05) is 57.2 Å². The number of oxazole rings is 1. The Hall–Kier alpha value is -4.60. The molecule has 2 aliphatic heterocycles. The van der Waals surface area contributed by atoms with Gasteiger partial charge in [-0.25, -0.2) is 9.78 Å². The van der Waals surface area contributed by atoms with Gasteiger partial charge in [-0.3, -0.25) is 9.59 Å². The maximum Gasteiger partial charge on any atom is 0.357 e. The fourth-order valence-corrected chi connectivity index (χ4v) is 5.39. The van der Waals surface area contributed by atoms with Crippen LogP contribution in [0.3, 0.4) is 0 Å². The zero-order valence-corrected chi connectivity index (χ0v) is 22.6. The number of aromatic carboxylic acids is 1. The smallest absolute Gasteiger partial charge is 0.357 e. The molecule has 0 bridgehead atoms. The number of nitrogens with zero attached hydrogens (tertiary/aromatic N) is 1. The first kappa shape index (κ1) is 27.0. The lowest BCUT2D eigenvalue weighted by Crippen LogP contribution is -2.51.